The minimum absolute atomic E-state index is 0.0219. The normalized spacial score (nSPS) is 16.0. The predicted molar refractivity (Wildman–Crippen MR) is 156 cm³/mol. The molecule has 6 rings (SSSR count). The Morgan fingerprint density at radius 3 is 2.37 bits per heavy atom. The van der Waals surface area contributed by atoms with Crippen LogP contribution in [0, 0.1) is 25.5 Å². The van der Waals surface area contributed by atoms with Crippen LogP contribution < -0.4 is 10.0 Å². The van der Waals surface area contributed by atoms with Crippen molar-refractivity contribution in [3.8, 4) is 0 Å². The molecule has 4 aromatic rings. The van der Waals surface area contributed by atoms with Crippen LogP contribution >= 0.6 is 0 Å². The number of amides is 2. The number of carbonyl (C=O) groups excluding carboxylic acids is 2. The van der Waals surface area contributed by atoms with Crippen LogP contribution in [0.4, 0.5) is 20.3 Å². The van der Waals surface area contributed by atoms with Gasteiger partial charge in [-0.1, -0.05) is 18.2 Å². The standard InChI is InChI=1S/C30H30F2N6O4S/c1-17-3-4-18(2)26(13-17)35-28-23(30(40)37-11-9-19(10-12-37)20-5-8-24(31)25(32)14-20)15-33-27-22(16-34-38(27)28)29(39)36-43(41,42)21-6-7-21/h3-5,8,13-16,19,21,35H,6-7,9-12H2,1-2H3,(H,36,39). The van der Waals surface area contributed by atoms with Crippen molar-refractivity contribution in [3.63, 3.8) is 0 Å². The Morgan fingerprint density at radius 2 is 1.67 bits per heavy atom. The summed E-state index contributed by atoms with van der Waals surface area (Å²) < 4.78 is 55.5. The number of hydrogen-bond donors (Lipinski definition) is 2. The SMILES string of the molecule is Cc1ccc(C)c(Nc2c(C(=O)N3CCC(c4ccc(F)c(F)c4)CC3)cnc3c(C(=O)NS(=O)(=O)C4CC4)cnn23)c1. The summed E-state index contributed by atoms with van der Waals surface area (Å²) in [6.07, 6.45) is 4.73. The first kappa shape index (κ1) is 28.7. The maximum atomic E-state index is 13.9. The van der Waals surface area contributed by atoms with E-state index in [0.29, 0.717) is 44.3 Å². The van der Waals surface area contributed by atoms with Crippen LogP contribution in [0.5, 0.6) is 0 Å². The van der Waals surface area contributed by atoms with Gasteiger partial charge in [0.1, 0.15) is 16.9 Å². The number of anilines is 2. The second kappa shape index (κ2) is 11.0. The fraction of sp³-hybridized carbons (Fsp3) is 0.333. The van der Waals surface area contributed by atoms with Gasteiger partial charge in [0.2, 0.25) is 10.0 Å². The van der Waals surface area contributed by atoms with E-state index >= 15 is 0 Å². The molecule has 2 fully saturated rings. The zero-order valence-electron chi connectivity index (χ0n) is 23.6. The number of fused-ring (bicyclic) bond motifs is 1. The number of hydrogen-bond acceptors (Lipinski definition) is 7. The summed E-state index contributed by atoms with van der Waals surface area (Å²) in [5.41, 5.74) is 3.55. The van der Waals surface area contributed by atoms with Gasteiger partial charge in [-0.25, -0.2) is 26.9 Å². The van der Waals surface area contributed by atoms with Gasteiger partial charge < -0.3 is 10.2 Å². The third-order valence-electron chi connectivity index (χ3n) is 8.04. The second-order valence-electron chi connectivity index (χ2n) is 11.2. The molecular weight excluding hydrogens is 578 g/mol. The zero-order chi connectivity index (χ0) is 30.5. The first-order valence-electron chi connectivity index (χ1n) is 14.0. The number of halogens is 2. The fourth-order valence-corrected chi connectivity index (χ4v) is 6.66. The van der Waals surface area contributed by atoms with E-state index in [1.54, 1.807) is 11.0 Å². The van der Waals surface area contributed by atoms with Gasteiger partial charge in [0, 0.05) is 25.0 Å². The number of benzene rings is 2. The number of carbonyl (C=O) groups is 2. The first-order valence-corrected chi connectivity index (χ1v) is 15.6. The summed E-state index contributed by atoms with van der Waals surface area (Å²) in [4.78, 5) is 32.9. The molecule has 10 nitrogen and oxygen atoms in total. The Bertz CT molecular complexity index is 1860. The smallest absolute Gasteiger partial charge is 0.270 e. The van der Waals surface area contributed by atoms with Gasteiger partial charge in [-0.05, 0) is 80.3 Å². The summed E-state index contributed by atoms with van der Waals surface area (Å²) in [6.45, 7) is 4.62. The Hall–Kier alpha value is -4.39. The average molecular weight is 609 g/mol. The molecule has 2 aromatic carbocycles. The molecule has 1 aliphatic heterocycles. The molecule has 13 heteroatoms. The molecule has 3 heterocycles. The van der Waals surface area contributed by atoms with Gasteiger partial charge in [0.25, 0.3) is 11.8 Å². The van der Waals surface area contributed by atoms with Crippen LogP contribution in [0.25, 0.3) is 5.65 Å². The highest BCUT2D eigenvalue weighted by molar-refractivity contribution is 7.91. The lowest BCUT2D eigenvalue weighted by molar-refractivity contribution is 0.0712. The van der Waals surface area contributed by atoms with Crippen LogP contribution in [0.15, 0.2) is 48.8 Å². The van der Waals surface area contributed by atoms with Crippen molar-refractivity contribution in [2.75, 3.05) is 18.4 Å². The molecule has 0 unspecified atom stereocenters. The van der Waals surface area contributed by atoms with Crippen molar-refractivity contribution in [2.24, 2.45) is 0 Å². The van der Waals surface area contributed by atoms with Crippen molar-refractivity contribution in [1.82, 2.24) is 24.2 Å². The van der Waals surface area contributed by atoms with Gasteiger partial charge in [0.05, 0.1) is 11.4 Å². The highest BCUT2D eigenvalue weighted by Gasteiger charge is 2.37. The molecular formula is C30H30F2N6O4S. The van der Waals surface area contributed by atoms with Crippen molar-refractivity contribution in [3.05, 3.63) is 88.2 Å². The summed E-state index contributed by atoms with van der Waals surface area (Å²) >= 11 is 0. The molecule has 1 saturated carbocycles. The number of nitrogens with zero attached hydrogens (tertiary/aromatic N) is 4. The van der Waals surface area contributed by atoms with Crippen molar-refractivity contribution >= 4 is 39.0 Å². The molecule has 1 saturated heterocycles. The maximum absolute atomic E-state index is 13.9. The van der Waals surface area contributed by atoms with Gasteiger partial charge in [-0.15, -0.1) is 0 Å². The van der Waals surface area contributed by atoms with E-state index in [2.05, 4.69) is 20.1 Å². The first-order chi connectivity index (χ1) is 20.5. The quantitative estimate of drug-likeness (QED) is 0.314. The van der Waals surface area contributed by atoms with Crippen LogP contribution in [0.2, 0.25) is 0 Å². The molecule has 43 heavy (non-hydrogen) atoms. The number of likely N-dealkylation sites (tertiary alicyclic amines) is 1. The number of rotatable bonds is 7. The maximum Gasteiger partial charge on any atom is 0.270 e. The largest absolute Gasteiger partial charge is 0.339 e. The zero-order valence-corrected chi connectivity index (χ0v) is 24.4. The number of aromatic nitrogens is 3. The lowest BCUT2D eigenvalue weighted by Crippen LogP contribution is -2.38. The van der Waals surface area contributed by atoms with Crippen molar-refractivity contribution in [2.45, 2.75) is 50.7 Å². The summed E-state index contributed by atoms with van der Waals surface area (Å²) in [6, 6.07) is 9.72. The summed E-state index contributed by atoms with van der Waals surface area (Å²) in [5, 5.41) is 7.06. The van der Waals surface area contributed by atoms with Gasteiger partial charge in [0.15, 0.2) is 17.3 Å². The van der Waals surface area contributed by atoms with Crippen LogP contribution in [0.3, 0.4) is 0 Å². The highest BCUT2D eigenvalue weighted by Crippen LogP contribution is 2.32. The van der Waals surface area contributed by atoms with E-state index in [4.69, 9.17) is 0 Å². The Kier molecular flexibility index (Phi) is 7.36. The number of piperidine rings is 1. The molecule has 1 aliphatic carbocycles. The summed E-state index contributed by atoms with van der Waals surface area (Å²) in [5.74, 6) is -2.70. The van der Waals surface area contributed by atoms with E-state index in [-0.39, 0.29) is 34.4 Å². The number of aryl methyl sites for hydroxylation is 2. The highest BCUT2D eigenvalue weighted by atomic mass is 32.2. The Labute approximate surface area is 247 Å². The molecule has 2 aromatic heterocycles. The molecule has 0 radical (unpaired) electrons. The fourth-order valence-electron chi connectivity index (χ4n) is 5.36. The molecule has 2 amide bonds. The minimum Gasteiger partial charge on any atom is -0.339 e. The molecule has 0 bridgehead atoms. The van der Waals surface area contributed by atoms with Crippen LogP contribution in [-0.4, -0.2) is 58.1 Å². The van der Waals surface area contributed by atoms with Crippen molar-refractivity contribution in [1.29, 1.82) is 0 Å². The van der Waals surface area contributed by atoms with Crippen molar-refractivity contribution < 1.29 is 26.8 Å². The van der Waals surface area contributed by atoms with Crippen LogP contribution in [-0.2, 0) is 10.0 Å². The minimum atomic E-state index is -3.80. The lowest BCUT2D eigenvalue weighted by Gasteiger charge is -2.32. The average Bonchev–Trinajstić information content (AvgIpc) is 3.76. The third-order valence-corrected chi connectivity index (χ3v) is 9.86. The molecule has 0 atom stereocenters. The molecule has 2 N–H and O–H groups in total. The van der Waals surface area contributed by atoms with E-state index in [1.165, 1.54) is 23.0 Å². The number of nitrogens with one attached hydrogen (secondary N) is 2. The predicted octanol–water partition coefficient (Wildman–Crippen LogP) is 4.61. The van der Waals surface area contributed by atoms with Gasteiger partial charge in [-0.2, -0.15) is 9.61 Å². The topological polar surface area (TPSA) is 126 Å². The Morgan fingerprint density at radius 1 is 0.930 bits per heavy atom. The molecule has 2 aliphatic rings. The third kappa shape index (κ3) is 5.68. The summed E-state index contributed by atoms with van der Waals surface area (Å²) in [7, 11) is -3.80. The van der Waals surface area contributed by atoms with Gasteiger partial charge >= 0.3 is 0 Å². The van der Waals surface area contributed by atoms with E-state index < -0.39 is 32.8 Å². The molecule has 0 spiro atoms. The van der Waals surface area contributed by atoms with E-state index in [0.717, 1.165) is 22.9 Å². The van der Waals surface area contributed by atoms with Crippen LogP contribution in [0.1, 0.15) is 69.0 Å². The van der Waals surface area contributed by atoms with Gasteiger partial charge in [-0.3, -0.25) is 9.59 Å². The monoisotopic (exact) mass is 608 g/mol. The lowest BCUT2D eigenvalue weighted by atomic mass is 9.89. The molecule has 224 valence electrons. The van der Waals surface area contributed by atoms with E-state index in [9.17, 15) is 26.8 Å². The van der Waals surface area contributed by atoms with E-state index in [1.807, 2.05) is 32.0 Å². The Balaban J connectivity index is 1.32. The second-order valence-corrected chi connectivity index (χ2v) is 13.1. The number of sulfonamides is 1.